The third-order valence-corrected chi connectivity index (χ3v) is 5.18. The van der Waals surface area contributed by atoms with Gasteiger partial charge in [0.05, 0.1) is 6.42 Å². The molecule has 1 rings (SSSR count). The number of amides is 1. The summed E-state index contributed by atoms with van der Waals surface area (Å²) < 4.78 is 0. The first-order chi connectivity index (χ1) is 14.4. The van der Waals surface area contributed by atoms with E-state index in [2.05, 4.69) is 12.2 Å². The Kier molecular flexibility index (Phi) is 13.2. The molecule has 0 aliphatic rings. The number of rotatable bonds is 17. The molecule has 0 aliphatic heterocycles. The van der Waals surface area contributed by atoms with Crippen LogP contribution in [0.5, 0.6) is 5.75 Å². The smallest absolute Gasteiger partial charge is 0.326 e. The van der Waals surface area contributed by atoms with Crippen molar-refractivity contribution in [2.24, 2.45) is 0 Å². The van der Waals surface area contributed by atoms with Crippen molar-refractivity contribution in [3.8, 4) is 5.75 Å². The maximum absolute atomic E-state index is 12.1. The molecule has 1 atom stereocenters. The second-order valence-electron chi connectivity index (χ2n) is 7.98. The summed E-state index contributed by atoms with van der Waals surface area (Å²) in [4.78, 5) is 35.5. The van der Waals surface area contributed by atoms with Crippen LogP contribution in [0.2, 0.25) is 0 Å². The largest absolute Gasteiger partial charge is 0.508 e. The zero-order valence-electron chi connectivity index (χ0n) is 18.2. The summed E-state index contributed by atoms with van der Waals surface area (Å²) in [5.74, 6) is -1.77. The van der Waals surface area contributed by atoms with Crippen LogP contribution in [0, 0.1) is 0 Å². The van der Waals surface area contributed by atoms with Gasteiger partial charge < -0.3 is 15.5 Å². The van der Waals surface area contributed by atoms with Crippen molar-refractivity contribution in [2.45, 2.75) is 96.4 Å². The van der Waals surface area contributed by atoms with E-state index in [0.29, 0.717) is 12.0 Å². The molecule has 1 amide bonds. The van der Waals surface area contributed by atoms with Crippen LogP contribution in [0.3, 0.4) is 0 Å². The molecule has 30 heavy (non-hydrogen) atoms. The van der Waals surface area contributed by atoms with Gasteiger partial charge in [-0.2, -0.15) is 0 Å². The molecule has 0 unspecified atom stereocenters. The Balaban J connectivity index is 2.18. The molecule has 0 aliphatic carbocycles. The van der Waals surface area contributed by atoms with E-state index in [1.807, 2.05) is 0 Å². The lowest BCUT2D eigenvalue weighted by molar-refractivity contribution is -0.142. The number of hydrogen-bond acceptors (Lipinski definition) is 4. The molecule has 168 valence electrons. The first kappa shape index (κ1) is 25.7. The highest BCUT2D eigenvalue weighted by molar-refractivity contribution is 5.99. The number of phenolic OH excluding ortho intramolecular Hbond substituents is 1. The zero-order valence-corrected chi connectivity index (χ0v) is 18.2. The molecule has 0 saturated heterocycles. The average Bonchev–Trinajstić information content (AvgIpc) is 2.70. The Morgan fingerprint density at radius 2 is 1.40 bits per heavy atom. The van der Waals surface area contributed by atoms with Crippen LogP contribution < -0.4 is 5.32 Å². The number of carbonyl (C=O) groups excluding carboxylic acids is 2. The van der Waals surface area contributed by atoms with Crippen LogP contribution in [0.1, 0.15) is 89.5 Å². The van der Waals surface area contributed by atoms with Gasteiger partial charge >= 0.3 is 5.97 Å². The third kappa shape index (κ3) is 12.2. The van der Waals surface area contributed by atoms with E-state index in [9.17, 15) is 24.6 Å². The summed E-state index contributed by atoms with van der Waals surface area (Å²) in [7, 11) is 0. The summed E-state index contributed by atoms with van der Waals surface area (Å²) >= 11 is 0. The summed E-state index contributed by atoms with van der Waals surface area (Å²) in [6.07, 6.45) is 12.0. The number of benzene rings is 1. The summed E-state index contributed by atoms with van der Waals surface area (Å²) in [5.41, 5.74) is 0.678. The molecular formula is C24H37NO5. The van der Waals surface area contributed by atoms with Crippen molar-refractivity contribution in [1.29, 1.82) is 0 Å². The lowest BCUT2D eigenvalue weighted by Crippen LogP contribution is -2.42. The van der Waals surface area contributed by atoms with Gasteiger partial charge in [-0.05, 0) is 24.1 Å². The van der Waals surface area contributed by atoms with Crippen LogP contribution in [0.4, 0.5) is 0 Å². The fourth-order valence-electron chi connectivity index (χ4n) is 3.39. The number of ketones is 1. The van der Waals surface area contributed by atoms with Crippen LogP contribution in [-0.2, 0) is 20.8 Å². The van der Waals surface area contributed by atoms with E-state index in [4.69, 9.17) is 0 Å². The molecule has 3 N–H and O–H groups in total. The van der Waals surface area contributed by atoms with Gasteiger partial charge in [-0.15, -0.1) is 0 Å². The van der Waals surface area contributed by atoms with Crippen molar-refractivity contribution in [3.63, 3.8) is 0 Å². The van der Waals surface area contributed by atoms with E-state index >= 15 is 0 Å². The topological polar surface area (TPSA) is 104 Å². The van der Waals surface area contributed by atoms with Crippen LogP contribution in [0.15, 0.2) is 24.3 Å². The average molecular weight is 420 g/mol. The highest BCUT2D eigenvalue weighted by Gasteiger charge is 2.21. The van der Waals surface area contributed by atoms with Crippen LogP contribution >= 0.6 is 0 Å². The van der Waals surface area contributed by atoms with E-state index < -0.39 is 17.9 Å². The van der Waals surface area contributed by atoms with Crippen molar-refractivity contribution in [3.05, 3.63) is 29.8 Å². The molecule has 0 heterocycles. The standard InChI is InChI=1S/C24H37NO5/c1-2-3-4-5-6-7-8-9-10-11-12-21(27)18-23(28)25-22(24(29)30)17-19-13-15-20(26)16-14-19/h13-16,22,26H,2-12,17-18H2,1H3,(H,25,28)(H,29,30)/t22-/m0/s1. The number of carboxylic acids is 1. The Hall–Kier alpha value is -2.37. The number of aliphatic carboxylic acids is 1. The minimum atomic E-state index is -1.15. The highest BCUT2D eigenvalue weighted by Crippen LogP contribution is 2.13. The van der Waals surface area contributed by atoms with Crippen molar-refractivity contribution < 1.29 is 24.6 Å². The highest BCUT2D eigenvalue weighted by atomic mass is 16.4. The minimum Gasteiger partial charge on any atom is -0.508 e. The summed E-state index contributed by atoms with van der Waals surface area (Å²) in [6.45, 7) is 2.22. The molecule has 6 heteroatoms. The predicted molar refractivity (Wildman–Crippen MR) is 117 cm³/mol. The summed E-state index contributed by atoms with van der Waals surface area (Å²) in [6, 6.07) is 5.03. The minimum absolute atomic E-state index is 0.0900. The molecule has 0 aromatic heterocycles. The molecule has 0 spiro atoms. The lowest BCUT2D eigenvalue weighted by atomic mass is 10.0. The monoisotopic (exact) mass is 419 g/mol. The molecular weight excluding hydrogens is 382 g/mol. The third-order valence-electron chi connectivity index (χ3n) is 5.18. The fraction of sp³-hybridized carbons (Fsp3) is 0.625. The number of phenols is 1. The lowest BCUT2D eigenvalue weighted by Gasteiger charge is -2.14. The van der Waals surface area contributed by atoms with Gasteiger partial charge in [-0.1, -0.05) is 76.8 Å². The van der Waals surface area contributed by atoms with Crippen molar-refractivity contribution in [2.75, 3.05) is 0 Å². The van der Waals surface area contributed by atoms with Crippen molar-refractivity contribution in [1.82, 2.24) is 5.32 Å². The quantitative estimate of drug-likeness (QED) is 0.249. The number of carboxylic acid groups (broad SMARTS) is 1. The number of Topliss-reactive ketones (excluding diaryl/α,β-unsaturated/α-hetero) is 1. The number of aromatic hydroxyl groups is 1. The van der Waals surface area contributed by atoms with Crippen LogP contribution in [0.25, 0.3) is 0 Å². The zero-order chi connectivity index (χ0) is 22.2. The number of nitrogens with one attached hydrogen (secondary N) is 1. The second kappa shape index (κ2) is 15.5. The van der Waals surface area contributed by atoms with E-state index in [1.165, 1.54) is 57.1 Å². The van der Waals surface area contributed by atoms with E-state index in [-0.39, 0.29) is 24.4 Å². The Labute approximate surface area is 180 Å². The van der Waals surface area contributed by atoms with Gasteiger partial charge in [0.2, 0.25) is 5.91 Å². The van der Waals surface area contributed by atoms with Crippen LogP contribution in [-0.4, -0.2) is 33.9 Å². The van der Waals surface area contributed by atoms with Gasteiger partial charge in [-0.25, -0.2) is 4.79 Å². The van der Waals surface area contributed by atoms with E-state index in [0.717, 1.165) is 19.3 Å². The summed E-state index contributed by atoms with van der Waals surface area (Å²) in [5, 5.41) is 21.0. The Morgan fingerprint density at radius 3 is 1.93 bits per heavy atom. The van der Waals surface area contributed by atoms with Gasteiger partial charge in [0, 0.05) is 12.8 Å². The van der Waals surface area contributed by atoms with Gasteiger partial charge in [0.25, 0.3) is 0 Å². The van der Waals surface area contributed by atoms with E-state index in [1.54, 1.807) is 12.1 Å². The molecule has 0 bridgehead atoms. The Morgan fingerprint density at radius 1 is 0.867 bits per heavy atom. The maximum Gasteiger partial charge on any atom is 0.326 e. The normalized spacial score (nSPS) is 11.8. The fourth-order valence-corrected chi connectivity index (χ4v) is 3.39. The molecule has 1 aromatic carbocycles. The number of unbranched alkanes of at least 4 members (excludes halogenated alkanes) is 9. The molecule has 1 aromatic rings. The molecule has 0 saturated carbocycles. The van der Waals surface area contributed by atoms with Gasteiger partial charge in [0.15, 0.2) is 0 Å². The number of hydrogen-bond donors (Lipinski definition) is 3. The second-order valence-corrected chi connectivity index (χ2v) is 7.98. The first-order valence-corrected chi connectivity index (χ1v) is 11.2. The SMILES string of the molecule is CCCCCCCCCCCCC(=O)CC(=O)N[C@@H](Cc1ccc(O)cc1)C(=O)O. The Bertz CT molecular complexity index is 642. The maximum atomic E-state index is 12.1. The van der Waals surface area contributed by atoms with Crippen molar-refractivity contribution >= 4 is 17.7 Å². The van der Waals surface area contributed by atoms with Gasteiger partial charge in [0.1, 0.15) is 17.6 Å². The molecule has 6 nitrogen and oxygen atoms in total. The first-order valence-electron chi connectivity index (χ1n) is 11.2. The predicted octanol–water partition coefficient (Wildman–Crippen LogP) is 4.77. The van der Waals surface area contributed by atoms with Gasteiger partial charge in [-0.3, -0.25) is 9.59 Å². The number of carbonyl (C=O) groups is 3. The molecule has 0 radical (unpaired) electrons. The molecule has 0 fully saturated rings.